The second-order valence-electron chi connectivity index (χ2n) is 8.07. The summed E-state index contributed by atoms with van der Waals surface area (Å²) in [5.74, 6) is -0.991. The van der Waals surface area contributed by atoms with Gasteiger partial charge < -0.3 is 15.4 Å². The van der Waals surface area contributed by atoms with Gasteiger partial charge in [0.05, 0.1) is 19.6 Å². The molecule has 1 atom stereocenters. The van der Waals surface area contributed by atoms with Crippen LogP contribution in [0.25, 0.3) is 11.1 Å². The maximum Gasteiger partial charge on any atom is 0.251 e. The molecule has 1 aliphatic rings. The summed E-state index contributed by atoms with van der Waals surface area (Å²) in [5.41, 5.74) is 7.77. The third-order valence-electron chi connectivity index (χ3n) is 5.76. The molecule has 0 bridgehead atoms. The highest BCUT2D eigenvalue weighted by atomic mass is 19.1. The van der Waals surface area contributed by atoms with Crippen molar-refractivity contribution >= 4 is 11.8 Å². The third kappa shape index (κ3) is 4.86. The van der Waals surface area contributed by atoms with Crippen LogP contribution in [0.1, 0.15) is 11.1 Å². The van der Waals surface area contributed by atoms with Gasteiger partial charge in [0.2, 0.25) is 5.91 Å². The lowest BCUT2D eigenvalue weighted by Crippen LogP contribution is -2.61. The monoisotopic (exact) mass is 432 g/mol. The zero-order chi connectivity index (χ0) is 22.6. The molecule has 1 saturated heterocycles. The van der Waals surface area contributed by atoms with Crippen molar-refractivity contribution in [1.29, 1.82) is 0 Å². The van der Waals surface area contributed by atoms with E-state index < -0.39 is 11.5 Å². The number of carbonyl (C=O) groups is 2. The first-order valence-electron chi connectivity index (χ1n) is 10.6. The van der Waals surface area contributed by atoms with Crippen molar-refractivity contribution in [3.05, 3.63) is 95.8 Å². The molecular weight excluding hydrogens is 407 g/mol. The van der Waals surface area contributed by atoms with E-state index in [0.717, 1.165) is 22.3 Å². The Balaban J connectivity index is 1.54. The number of carbonyl (C=O) groups excluding carboxylic acids is 2. The van der Waals surface area contributed by atoms with E-state index >= 15 is 0 Å². The van der Waals surface area contributed by atoms with E-state index in [1.54, 1.807) is 11.0 Å². The zero-order valence-electron chi connectivity index (χ0n) is 17.7. The Kier molecular flexibility index (Phi) is 6.32. The molecule has 3 aromatic rings. The number of rotatable bonds is 6. The lowest BCUT2D eigenvalue weighted by Gasteiger charge is -2.41. The maximum atomic E-state index is 13.6. The number of hydrogen-bond acceptors (Lipinski definition) is 3. The van der Waals surface area contributed by atoms with Crippen LogP contribution in [0.15, 0.2) is 78.9 Å². The van der Waals surface area contributed by atoms with Crippen LogP contribution < -0.4 is 5.73 Å². The fourth-order valence-corrected chi connectivity index (χ4v) is 4.08. The summed E-state index contributed by atoms with van der Waals surface area (Å²) in [6, 6.07) is 23.3. The summed E-state index contributed by atoms with van der Waals surface area (Å²) in [5, 5.41) is 0. The minimum absolute atomic E-state index is 0.0707. The van der Waals surface area contributed by atoms with E-state index in [2.05, 4.69) is 0 Å². The Morgan fingerprint density at radius 1 is 0.938 bits per heavy atom. The SMILES string of the molecule is NC(=O)[C@]1(Cc2cccc(-c3cccc(F)c3)c2)CN(C(=O)Cc2ccccc2)CCO1. The molecule has 2 N–H and O–H groups in total. The van der Waals surface area contributed by atoms with Crippen molar-refractivity contribution in [3.63, 3.8) is 0 Å². The third-order valence-corrected chi connectivity index (χ3v) is 5.76. The second-order valence-corrected chi connectivity index (χ2v) is 8.07. The maximum absolute atomic E-state index is 13.6. The van der Waals surface area contributed by atoms with Gasteiger partial charge in [-0.05, 0) is 34.4 Å². The summed E-state index contributed by atoms with van der Waals surface area (Å²) in [4.78, 5) is 27.1. The van der Waals surface area contributed by atoms with Crippen molar-refractivity contribution in [2.75, 3.05) is 19.7 Å². The Bertz CT molecular complexity index is 1120. The molecule has 0 aliphatic carbocycles. The van der Waals surface area contributed by atoms with Gasteiger partial charge in [-0.25, -0.2) is 4.39 Å². The molecule has 5 nitrogen and oxygen atoms in total. The Hall–Kier alpha value is -3.51. The molecule has 1 fully saturated rings. The predicted molar refractivity (Wildman–Crippen MR) is 120 cm³/mol. The van der Waals surface area contributed by atoms with Gasteiger partial charge in [0.15, 0.2) is 5.60 Å². The van der Waals surface area contributed by atoms with Gasteiger partial charge in [0.25, 0.3) is 5.91 Å². The molecule has 3 aromatic carbocycles. The second kappa shape index (κ2) is 9.32. The van der Waals surface area contributed by atoms with Crippen molar-refractivity contribution in [3.8, 4) is 11.1 Å². The van der Waals surface area contributed by atoms with Gasteiger partial charge in [-0.3, -0.25) is 9.59 Å². The summed E-state index contributed by atoms with van der Waals surface area (Å²) in [7, 11) is 0. The highest BCUT2D eigenvalue weighted by molar-refractivity contribution is 5.86. The van der Waals surface area contributed by atoms with Gasteiger partial charge in [-0.1, -0.05) is 66.7 Å². The smallest absolute Gasteiger partial charge is 0.251 e. The number of primary amides is 1. The molecule has 4 rings (SSSR count). The molecule has 1 aliphatic heterocycles. The zero-order valence-corrected chi connectivity index (χ0v) is 17.7. The van der Waals surface area contributed by atoms with E-state index in [0.29, 0.717) is 6.54 Å². The number of hydrogen-bond donors (Lipinski definition) is 1. The average molecular weight is 432 g/mol. The molecule has 0 unspecified atom stereocenters. The summed E-state index contributed by atoms with van der Waals surface area (Å²) in [6.07, 6.45) is 0.478. The van der Waals surface area contributed by atoms with Gasteiger partial charge >= 0.3 is 0 Å². The van der Waals surface area contributed by atoms with E-state index in [1.807, 2.05) is 60.7 Å². The van der Waals surface area contributed by atoms with Crippen molar-refractivity contribution in [1.82, 2.24) is 4.90 Å². The fraction of sp³-hybridized carbons (Fsp3) is 0.231. The topological polar surface area (TPSA) is 72.6 Å². The first kappa shape index (κ1) is 21.7. The summed E-state index contributed by atoms with van der Waals surface area (Å²) in [6.45, 7) is 0.731. The number of nitrogens with two attached hydrogens (primary N) is 1. The quantitative estimate of drug-likeness (QED) is 0.649. The van der Waals surface area contributed by atoms with Crippen LogP contribution in [0.3, 0.4) is 0 Å². The number of morpholine rings is 1. The lowest BCUT2D eigenvalue weighted by molar-refractivity contribution is -0.163. The molecule has 1 heterocycles. The molecule has 0 saturated carbocycles. The molecule has 164 valence electrons. The van der Waals surface area contributed by atoms with E-state index in [1.165, 1.54) is 12.1 Å². The Labute approximate surface area is 186 Å². The minimum Gasteiger partial charge on any atom is -0.367 e. The number of benzene rings is 3. The predicted octanol–water partition coefficient (Wildman–Crippen LogP) is 3.36. The van der Waals surface area contributed by atoms with Crippen LogP contribution in [0.4, 0.5) is 4.39 Å². The first-order valence-corrected chi connectivity index (χ1v) is 10.6. The molecule has 2 amide bonds. The standard InChI is InChI=1S/C26H25FN2O3/c27-23-11-5-10-22(16-23)21-9-4-8-20(14-21)17-26(25(28)31)18-29(12-13-32-26)24(30)15-19-6-2-1-3-7-19/h1-11,14,16H,12-13,15,17-18H2,(H2,28,31)/t26-/m0/s1. The van der Waals surface area contributed by atoms with E-state index in [9.17, 15) is 14.0 Å². The molecule has 0 radical (unpaired) electrons. The number of ether oxygens (including phenoxy) is 1. The van der Waals surface area contributed by atoms with Crippen LogP contribution in [-0.2, 0) is 27.2 Å². The Morgan fingerprint density at radius 2 is 1.62 bits per heavy atom. The van der Waals surface area contributed by atoms with E-state index in [4.69, 9.17) is 10.5 Å². The van der Waals surface area contributed by atoms with Gasteiger partial charge in [0.1, 0.15) is 5.82 Å². The van der Waals surface area contributed by atoms with Crippen LogP contribution in [0.5, 0.6) is 0 Å². The van der Waals surface area contributed by atoms with Crippen LogP contribution >= 0.6 is 0 Å². The molecular formula is C26H25FN2O3. The average Bonchev–Trinajstić information content (AvgIpc) is 2.80. The highest BCUT2D eigenvalue weighted by Gasteiger charge is 2.43. The largest absolute Gasteiger partial charge is 0.367 e. The van der Waals surface area contributed by atoms with Crippen molar-refractivity contribution in [2.24, 2.45) is 5.73 Å². The Morgan fingerprint density at radius 3 is 2.34 bits per heavy atom. The van der Waals surface area contributed by atoms with Gasteiger partial charge in [0, 0.05) is 13.0 Å². The van der Waals surface area contributed by atoms with Gasteiger partial charge in [-0.15, -0.1) is 0 Å². The van der Waals surface area contributed by atoms with Crippen LogP contribution in [0.2, 0.25) is 0 Å². The molecule has 32 heavy (non-hydrogen) atoms. The van der Waals surface area contributed by atoms with Gasteiger partial charge in [-0.2, -0.15) is 0 Å². The number of nitrogens with zero attached hydrogens (tertiary/aromatic N) is 1. The number of halogens is 1. The summed E-state index contributed by atoms with van der Waals surface area (Å²) >= 11 is 0. The highest BCUT2D eigenvalue weighted by Crippen LogP contribution is 2.27. The molecule has 0 aromatic heterocycles. The van der Waals surface area contributed by atoms with Crippen LogP contribution in [-0.4, -0.2) is 42.0 Å². The van der Waals surface area contributed by atoms with Crippen LogP contribution in [0, 0.1) is 5.82 Å². The summed E-state index contributed by atoms with van der Waals surface area (Å²) < 4.78 is 19.5. The normalized spacial score (nSPS) is 18.3. The fourth-order valence-electron chi connectivity index (χ4n) is 4.08. The molecule has 0 spiro atoms. The van der Waals surface area contributed by atoms with Crippen molar-refractivity contribution in [2.45, 2.75) is 18.4 Å². The first-order chi connectivity index (χ1) is 15.4. The molecule has 6 heteroatoms. The number of amides is 2. The van der Waals surface area contributed by atoms with Crippen molar-refractivity contribution < 1.29 is 18.7 Å². The van der Waals surface area contributed by atoms with E-state index in [-0.39, 0.29) is 37.7 Å². The lowest BCUT2D eigenvalue weighted by atomic mass is 9.90. The minimum atomic E-state index is -1.31.